The summed E-state index contributed by atoms with van der Waals surface area (Å²) in [6, 6.07) is 70.0. The van der Waals surface area contributed by atoms with Gasteiger partial charge in [-0.2, -0.15) is 0 Å². The number of benzene rings is 10. The zero-order valence-electron chi connectivity index (χ0n) is 33.2. The molecule has 0 saturated heterocycles. The molecule has 288 valence electrons. The summed E-state index contributed by atoms with van der Waals surface area (Å²) in [5, 5.41) is 11.0. The Hall–Kier alpha value is -8.41. The number of fused-ring (bicyclic) bond motifs is 9. The van der Waals surface area contributed by atoms with E-state index < -0.39 is 0 Å². The first-order valence-corrected chi connectivity index (χ1v) is 20.8. The number of furan rings is 2. The summed E-state index contributed by atoms with van der Waals surface area (Å²) in [5.74, 6) is 1.74. The molecule has 0 saturated carbocycles. The van der Waals surface area contributed by atoms with Gasteiger partial charge < -0.3 is 8.83 Å². The van der Waals surface area contributed by atoms with Crippen molar-refractivity contribution in [2.75, 3.05) is 0 Å². The van der Waals surface area contributed by atoms with Crippen LogP contribution in [0.5, 0.6) is 0 Å². The molecule has 0 spiro atoms. The topological polar surface area (TPSA) is 65.0 Å². The predicted octanol–water partition coefficient (Wildman–Crippen LogP) is 15.5. The molecular formula is C57H33N3O2. The van der Waals surface area contributed by atoms with E-state index in [4.69, 9.17) is 23.8 Å². The van der Waals surface area contributed by atoms with Crippen LogP contribution in [-0.4, -0.2) is 15.0 Å². The molecule has 0 amide bonds. The molecule has 0 aliphatic rings. The van der Waals surface area contributed by atoms with Gasteiger partial charge in [0.05, 0.1) is 0 Å². The second-order valence-corrected chi connectivity index (χ2v) is 16.0. The molecule has 0 atom stereocenters. The largest absolute Gasteiger partial charge is 0.456 e. The van der Waals surface area contributed by atoms with E-state index >= 15 is 0 Å². The maximum Gasteiger partial charge on any atom is 0.164 e. The number of nitrogens with zero attached hydrogens (tertiary/aromatic N) is 3. The lowest BCUT2D eigenvalue weighted by Crippen LogP contribution is -2.00. The number of hydrogen-bond acceptors (Lipinski definition) is 5. The Balaban J connectivity index is 0.988. The van der Waals surface area contributed by atoms with Crippen LogP contribution in [0.15, 0.2) is 209 Å². The number of rotatable bonds is 5. The molecule has 0 N–H and O–H groups in total. The van der Waals surface area contributed by atoms with Crippen molar-refractivity contribution in [3.63, 3.8) is 0 Å². The number of aromatic nitrogens is 3. The SMILES string of the molecule is c1ccc(-c2ccc3ccc(-c4nc(-c5ccc6cc7c(cc6c5)oc5ccccc57)nc(-c5cccc6oc7cc(-c8ccc9ccccc9c8)ccc7c56)n4)cc3c2)cc1. The van der Waals surface area contributed by atoms with Crippen molar-refractivity contribution >= 4 is 76.2 Å². The van der Waals surface area contributed by atoms with Gasteiger partial charge in [-0.25, -0.2) is 15.0 Å². The van der Waals surface area contributed by atoms with E-state index in [1.54, 1.807) is 0 Å². The van der Waals surface area contributed by atoms with Crippen molar-refractivity contribution in [3.05, 3.63) is 200 Å². The second-order valence-electron chi connectivity index (χ2n) is 16.0. The van der Waals surface area contributed by atoms with Crippen LogP contribution in [0.1, 0.15) is 0 Å². The van der Waals surface area contributed by atoms with Crippen LogP contribution in [0, 0.1) is 0 Å². The first kappa shape index (κ1) is 34.5. The fourth-order valence-electron chi connectivity index (χ4n) is 9.12. The maximum atomic E-state index is 6.61. The summed E-state index contributed by atoms with van der Waals surface area (Å²) in [6.45, 7) is 0. The first-order valence-electron chi connectivity index (χ1n) is 20.8. The zero-order valence-corrected chi connectivity index (χ0v) is 33.2. The van der Waals surface area contributed by atoms with Crippen LogP contribution in [-0.2, 0) is 0 Å². The van der Waals surface area contributed by atoms with Crippen LogP contribution < -0.4 is 0 Å². The summed E-state index contributed by atoms with van der Waals surface area (Å²) in [5.41, 5.74) is 10.5. The molecule has 62 heavy (non-hydrogen) atoms. The van der Waals surface area contributed by atoms with Crippen molar-refractivity contribution < 1.29 is 8.83 Å². The molecule has 5 nitrogen and oxygen atoms in total. The van der Waals surface area contributed by atoms with Crippen LogP contribution in [0.2, 0.25) is 0 Å². The van der Waals surface area contributed by atoms with Crippen LogP contribution in [0.4, 0.5) is 0 Å². The van der Waals surface area contributed by atoms with Gasteiger partial charge >= 0.3 is 0 Å². The Morgan fingerprint density at radius 3 is 1.61 bits per heavy atom. The van der Waals surface area contributed by atoms with Gasteiger partial charge in [-0.05, 0) is 115 Å². The van der Waals surface area contributed by atoms with E-state index in [0.29, 0.717) is 17.5 Å². The highest BCUT2D eigenvalue weighted by atomic mass is 16.3. The van der Waals surface area contributed by atoms with Crippen molar-refractivity contribution in [2.45, 2.75) is 0 Å². The van der Waals surface area contributed by atoms with Crippen molar-refractivity contribution in [1.82, 2.24) is 15.0 Å². The fourth-order valence-corrected chi connectivity index (χ4v) is 9.12. The summed E-state index contributed by atoms with van der Waals surface area (Å²) < 4.78 is 12.9. The summed E-state index contributed by atoms with van der Waals surface area (Å²) >= 11 is 0. The third kappa shape index (κ3) is 5.67. The molecule has 0 bridgehead atoms. The van der Waals surface area contributed by atoms with Gasteiger partial charge in [0.1, 0.15) is 22.3 Å². The zero-order chi connectivity index (χ0) is 40.7. The molecule has 13 rings (SSSR count). The Bertz CT molecular complexity index is 3940. The Labute approximate surface area is 355 Å². The smallest absolute Gasteiger partial charge is 0.164 e. The van der Waals surface area contributed by atoms with E-state index in [1.807, 2.05) is 30.3 Å². The van der Waals surface area contributed by atoms with Crippen molar-refractivity contribution in [1.29, 1.82) is 0 Å². The highest BCUT2D eigenvalue weighted by molar-refractivity contribution is 6.13. The van der Waals surface area contributed by atoms with E-state index in [-0.39, 0.29) is 0 Å². The Kier molecular flexibility index (Phi) is 7.54. The first-order chi connectivity index (χ1) is 30.6. The molecule has 3 aromatic heterocycles. The van der Waals surface area contributed by atoms with Crippen molar-refractivity contribution in [3.8, 4) is 56.4 Å². The van der Waals surface area contributed by atoms with Gasteiger partial charge in [-0.15, -0.1) is 0 Å². The third-order valence-electron chi connectivity index (χ3n) is 12.3. The molecule has 5 heteroatoms. The van der Waals surface area contributed by atoms with Crippen LogP contribution >= 0.6 is 0 Å². The lowest BCUT2D eigenvalue weighted by molar-refractivity contribution is 0.669. The monoisotopic (exact) mass is 791 g/mol. The van der Waals surface area contributed by atoms with E-state index in [1.165, 1.54) is 16.3 Å². The second kappa shape index (κ2) is 13.6. The minimum absolute atomic E-state index is 0.572. The number of para-hydroxylation sites is 1. The predicted molar refractivity (Wildman–Crippen MR) is 254 cm³/mol. The molecule has 0 fully saturated rings. The average Bonchev–Trinajstić information content (AvgIpc) is 3.90. The van der Waals surface area contributed by atoms with Gasteiger partial charge in [0.2, 0.25) is 0 Å². The van der Waals surface area contributed by atoms with Crippen LogP contribution in [0.25, 0.3) is 133 Å². The van der Waals surface area contributed by atoms with Gasteiger partial charge in [0, 0.05) is 38.2 Å². The lowest BCUT2D eigenvalue weighted by Gasteiger charge is -2.11. The van der Waals surface area contributed by atoms with Gasteiger partial charge in [-0.1, -0.05) is 140 Å². The van der Waals surface area contributed by atoms with Gasteiger partial charge in [0.25, 0.3) is 0 Å². The molecule has 13 aromatic rings. The minimum Gasteiger partial charge on any atom is -0.456 e. The van der Waals surface area contributed by atoms with Crippen molar-refractivity contribution in [2.24, 2.45) is 0 Å². The molecule has 0 aliphatic carbocycles. The third-order valence-corrected chi connectivity index (χ3v) is 12.3. The van der Waals surface area contributed by atoms with E-state index in [2.05, 4.69) is 170 Å². The molecule has 10 aromatic carbocycles. The average molecular weight is 792 g/mol. The fraction of sp³-hybridized carbons (Fsp3) is 0. The molecule has 0 unspecified atom stereocenters. The van der Waals surface area contributed by atoms with Crippen LogP contribution in [0.3, 0.4) is 0 Å². The normalized spacial score (nSPS) is 11.9. The Morgan fingerprint density at radius 2 is 0.790 bits per heavy atom. The lowest BCUT2D eigenvalue weighted by atomic mass is 9.99. The van der Waals surface area contributed by atoms with Gasteiger partial charge in [0.15, 0.2) is 17.5 Å². The number of hydrogen-bond donors (Lipinski definition) is 0. The maximum absolute atomic E-state index is 6.61. The highest BCUT2D eigenvalue weighted by Crippen LogP contribution is 2.40. The van der Waals surface area contributed by atoms with E-state index in [0.717, 1.165) is 98.8 Å². The summed E-state index contributed by atoms with van der Waals surface area (Å²) in [7, 11) is 0. The molecular weight excluding hydrogens is 759 g/mol. The molecule has 0 aliphatic heterocycles. The molecule has 3 heterocycles. The Morgan fingerprint density at radius 1 is 0.258 bits per heavy atom. The quantitative estimate of drug-likeness (QED) is 0.174. The highest BCUT2D eigenvalue weighted by Gasteiger charge is 2.19. The summed E-state index contributed by atoms with van der Waals surface area (Å²) in [6.07, 6.45) is 0. The standard InChI is InChI=1S/C57H33N3O2/c1-2-9-34(10-3-1)38-20-18-36-19-23-42(29-44(36)28-38)55-58-56(43-24-22-40-31-49-46-13-6-7-15-50(46)61-53(49)33-45(40)30-43)60-57(59-55)48-14-8-16-51-54(48)47-26-25-41(32-52(47)62-51)39-21-17-35-11-4-5-12-37(35)27-39/h1-33H. The summed E-state index contributed by atoms with van der Waals surface area (Å²) in [4.78, 5) is 15.7. The minimum atomic E-state index is 0.572. The van der Waals surface area contributed by atoms with Gasteiger partial charge in [-0.3, -0.25) is 0 Å². The molecule has 0 radical (unpaired) electrons. The van der Waals surface area contributed by atoms with E-state index in [9.17, 15) is 0 Å².